The van der Waals surface area contributed by atoms with Crippen molar-refractivity contribution in [2.45, 2.75) is 18.3 Å². The second-order valence-electron chi connectivity index (χ2n) is 1.82. The summed E-state index contributed by atoms with van der Waals surface area (Å²) in [6.07, 6.45) is 0. The van der Waals surface area contributed by atoms with Crippen LogP contribution in [0.15, 0.2) is 0 Å². The van der Waals surface area contributed by atoms with Gasteiger partial charge >= 0.3 is 65.3 Å². The van der Waals surface area contributed by atoms with Crippen LogP contribution >= 0.6 is 0 Å². The molecule has 0 unspecified atom stereocenters. The van der Waals surface area contributed by atoms with Crippen molar-refractivity contribution in [3.63, 3.8) is 0 Å². The van der Waals surface area contributed by atoms with Crippen LogP contribution in [0.25, 0.3) is 0 Å². The Bertz CT molecular complexity index is 43.8. The number of hydrogen-bond acceptors (Lipinski definition) is 1. The third-order valence-electron chi connectivity index (χ3n) is 1.34. The molecular formula is C6H15NSn. The molecule has 0 rings (SSSR count). The van der Waals surface area contributed by atoms with E-state index in [1.165, 1.54) is 46.6 Å². The summed E-state index contributed by atoms with van der Waals surface area (Å²) < 4.78 is 1.41. The van der Waals surface area contributed by atoms with E-state index in [4.69, 9.17) is 0 Å². The number of rotatable bonds is 4. The SMILES string of the molecule is CCN(CC)C[CH2][SnH]. The molecule has 0 fully saturated rings. The monoisotopic (exact) mass is 221 g/mol. The summed E-state index contributed by atoms with van der Waals surface area (Å²) in [5.74, 6) is 0. The van der Waals surface area contributed by atoms with E-state index in [0.29, 0.717) is 0 Å². The zero-order valence-electron chi connectivity index (χ0n) is 5.85. The second kappa shape index (κ2) is 5.89. The summed E-state index contributed by atoms with van der Waals surface area (Å²) in [6.45, 7) is 8.20. The van der Waals surface area contributed by atoms with Crippen LogP contribution in [0.3, 0.4) is 0 Å². The van der Waals surface area contributed by atoms with Gasteiger partial charge in [0.2, 0.25) is 0 Å². The van der Waals surface area contributed by atoms with E-state index in [1.807, 2.05) is 0 Å². The molecule has 0 aromatic heterocycles. The standard InChI is InChI=1S/C6H14N.Sn.H/c1-4-7(5-2)6-3;;/h1,4-6H2,2-3H3;;. The van der Waals surface area contributed by atoms with Gasteiger partial charge in [0, 0.05) is 0 Å². The summed E-state index contributed by atoms with van der Waals surface area (Å²) in [5.41, 5.74) is 0. The van der Waals surface area contributed by atoms with E-state index < -0.39 is 0 Å². The predicted molar refractivity (Wildman–Crippen MR) is 39.7 cm³/mol. The van der Waals surface area contributed by atoms with E-state index in [-0.39, 0.29) is 0 Å². The van der Waals surface area contributed by atoms with Crippen LogP contribution in [0.4, 0.5) is 0 Å². The van der Waals surface area contributed by atoms with Crippen LogP contribution in [0, 0.1) is 0 Å². The Balaban J connectivity index is 3.07. The zero-order chi connectivity index (χ0) is 6.41. The molecule has 0 spiro atoms. The molecule has 1 nitrogen and oxygen atoms in total. The molecule has 0 atom stereocenters. The van der Waals surface area contributed by atoms with Gasteiger partial charge in [-0.05, 0) is 0 Å². The zero-order valence-corrected chi connectivity index (χ0v) is 9.15. The molecule has 0 heterocycles. The predicted octanol–water partition coefficient (Wildman–Crippen LogP) is 0.647. The molecule has 0 saturated carbocycles. The molecule has 0 amide bonds. The fourth-order valence-electron chi connectivity index (χ4n) is 0.722. The Morgan fingerprint density at radius 1 is 1.25 bits per heavy atom. The summed E-state index contributed by atoms with van der Waals surface area (Å²) in [7, 11) is 0. The second-order valence-corrected chi connectivity index (χ2v) is 3.46. The fraction of sp³-hybridized carbons (Fsp3) is 1.00. The number of hydrogen-bond donors (Lipinski definition) is 0. The maximum absolute atomic E-state index is 2.46. The topological polar surface area (TPSA) is 3.24 Å². The summed E-state index contributed by atoms with van der Waals surface area (Å²) in [5, 5.41) is 0. The first-order chi connectivity index (χ1) is 3.85. The van der Waals surface area contributed by atoms with E-state index in [2.05, 4.69) is 18.7 Å². The van der Waals surface area contributed by atoms with Crippen molar-refractivity contribution >= 4 is 22.5 Å². The van der Waals surface area contributed by atoms with E-state index in [9.17, 15) is 0 Å². The Labute approximate surface area is 65.5 Å². The van der Waals surface area contributed by atoms with Gasteiger partial charge in [0.25, 0.3) is 0 Å². The molecule has 0 saturated heterocycles. The van der Waals surface area contributed by atoms with Gasteiger partial charge in [-0.25, -0.2) is 0 Å². The maximum atomic E-state index is 2.46. The first-order valence-corrected chi connectivity index (χ1v) is 5.60. The van der Waals surface area contributed by atoms with Gasteiger partial charge in [-0.15, -0.1) is 0 Å². The molecule has 0 aliphatic rings. The van der Waals surface area contributed by atoms with Gasteiger partial charge in [0.05, 0.1) is 0 Å². The van der Waals surface area contributed by atoms with Crippen molar-refractivity contribution in [1.29, 1.82) is 0 Å². The first kappa shape index (κ1) is 8.76. The van der Waals surface area contributed by atoms with Crippen molar-refractivity contribution < 1.29 is 0 Å². The van der Waals surface area contributed by atoms with Gasteiger partial charge in [0.1, 0.15) is 0 Å². The molecule has 8 heavy (non-hydrogen) atoms. The third-order valence-corrected chi connectivity index (χ3v) is 2.08. The summed E-state index contributed by atoms with van der Waals surface area (Å²) in [4.78, 5) is 2.46. The molecule has 0 N–H and O–H groups in total. The van der Waals surface area contributed by atoms with Crippen LogP contribution in [-0.4, -0.2) is 47.1 Å². The molecule has 2 heteroatoms. The Kier molecular flexibility index (Phi) is 6.45. The van der Waals surface area contributed by atoms with Crippen LogP contribution < -0.4 is 0 Å². The molecule has 0 bridgehead atoms. The minimum atomic E-state index is 1.22. The minimum absolute atomic E-state index is 1.22. The summed E-state index contributed by atoms with van der Waals surface area (Å²) >= 11 is 1.41. The molecule has 0 aliphatic carbocycles. The third kappa shape index (κ3) is 3.72. The van der Waals surface area contributed by atoms with Gasteiger partial charge in [0.15, 0.2) is 0 Å². The van der Waals surface area contributed by atoms with Crippen LogP contribution in [0.1, 0.15) is 13.8 Å². The molecule has 0 aromatic rings. The normalized spacial score (nSPS) is 10.5. The first-order valence-electron chi connectivity index (χ1n) is 3.27. The van der Waals surface area contributed by atoms with Gasteiger partial charge in [-0.3, -0.25) is 0 Å². The number of nitrogens with zero attached hydrogens (tertiary/aromatic N) is 1. The van der Waals surface area contributed by atoms with Crippen molar-refractivity contribution in [3.8, 4) is 0 Å². The molecule has 0 aromatic carbocycles. The van der Waals surface area contributed by atoms with E-state index in [1.54, 1.807) is 0 Å². The van der Waals surface area contributed by atoms with Gasteiger partial charge in [-0.1, -0.05) is 0 Å². The van der Waals surface area contributed by atoms with Crippen molar-refractivity contribution in [3.05, 3.63) is 0 Å². The Morgan fingerprint density at radius 2 is 1.75 bits per heavy atom. The Morgan fingerprint density at radius 3 is 1.88 bits per heavy atom. The van der Waals surface area contributed by atoms with Crippen molar-refractivity contribution in [2.75, 3.05) is 19.6 Å². The fourth-order valence-corrected chi connectivity index (χ4v) is 1.76. The van der Waals surface area contributed by atoms with Crippen LogP contribution in [-0.2, 0) is 0 Å². The van der Waals surface area contributed by atoms with Gasteiger partial charge < -0.3 is 0 Å². The van der Waals surface area contributed by atoms with E-state index in [0.717, 1.165) is 0 Å². The Hall–Kier alpha value is 0.759. The molecular weight excluding hydrogens is 205 g/mol. The average molecular weight is 220 g/mol. The average Bonchev–Trinajstić information content (AvgIpc) is 1.83. The van der Waals surface area contributed by atoms with Crippen LogP contribution in [0.2, 0.25) is 4.44 Å². The van der Waals surface area contributed by atoms with Crippen molar-refractivity contribution in [1.82, 2.24) is 4.90 Å². The van der Waals surface area contributed by atoms with Crippen molar-refractivity contribution in [2.24, 2.45) is 0 Å². The quantitative estimate of drug-likeness (QED) is 0.628. The van der Waals surface area contributed by atoms with Crippen LogP contribution in [0.5, 0.6) is 0 Å². The molecule has 48 valence electrons. The molecule has 2 radical (unpaired) electrons. The van der Waals surface area contributed by atoms with Gasteiger partial charge in [-0.2, -0.15) is 0 Å². The van der Waals surface area contributed by atoms with E-state index >= 15 is 0 Å². The summed E-state index contributed by atoms with van der Waals surface area (Å²) in [6, 6.07) is 0. The molecule has 0 aliphatic heterocycles.